The van der Waals surface area contributed by atoms with Gasteiger partial charge in [-0.3, -0.25) is 4.90 Å². The molecule has 3 rings (SSSR count). The van der Waals surface area contributed by atoms with Crippen molar-refractivity contribution in [2.45, 2.75) is 18.4 Å². The summed E-state index contributed by atoms with van der Waals surface area (Å²) in [4.78, 5) is 13.6. The van der Waals surface area contributed by atoms with Crippen LogP contribution in [0.1, 0.15) is 12.5 Å². The Balaban J connectivity index is 2.07. The third kappa shape index (κ3) is 2.20. The smallest absolute Gasteiger partial charge is 0.411 e. The Morgan fingerprint density at radius 2 is 1.50 bits per heavy atom. The maximum atomic E-state index is 12.1. The van der Waals surface area contributed by atoms with Gasteiger partial charge in [-0.25, -0.2) is 4.79 Å². The van der Waals surface area contributed by atoms with Crippen LogP contribution in [-0.4, -0.2) is 38.0 Å². The van der Waals surface area contributed by atoms with Crippen molar-refractivity contribution in [2.24, 2.45) is 0 Å². The van der Waals surface area contributed by atoms with E-state index in [1.54, 1.807) is 21.1 Å². The summed E-state index contributed by atoms with van der Waals surface area (Å²) < 4.78 is 16.7. The van der Waals surface area contributed by atoms with Crippen LogP contribution in [0.5, 0.6) is 0 Å². The summed E-state index contributed by atoms with van der Waals surface area (Å²) in [6.07, 6.45) is -0.492. The zero-order valence-corrected chi connectivity index (χ0v) is 14.3. The van der Waals surface area contributed by atoms with Gasteiger partial charge in [0.05, 0.1) is 0 Å². The number of nitrogens with zero attached hydrogens (tertiary/aromatic N) is 1. The molecule has 0 aliphatic carbocycles. The molecule has 1 aliphatic rings. The SMILES string of the molecule is COC1(C)OC(=O)N(C)C1(OC)c1ccc(-c2ccccc2)cc1. The summed E-state index contributed by atoms with van der Waals surface area (Å²) >= 11 is 0. The van der Waals surface area contributed by atoms with Gasteiger partial charge in [0.15, 0.2) is 0 Å². The van der Waals surface area contributed by atoms with Crippen molar-refractivity contribution in [3.8, 4) is 11.1 Å². The Kier molecular flexibility index (Phi) is 4.07. The Bertz CT molecular complexity index is 731. The van der Waals surface area contributed by atoms with Crippen LogP contribution in [0.3, 0.4) is 0 Å². The maximum absolute atomic E-state index is 12.1. The van der Waals surface area contributed by atoms with Crippen LogP contribution in [0, 0.1) is 0 Å². The Morgan fingerprint density at radius 1 is 0.917 bits per heavy atom. The Hall–Kier alpha value is -2.37. The van der Waals surface area contributed by atoms with E-state index in [2.05, 4.69) is 12.1 Å². The van der Waals surface area contributed by atoms with Gasteiger partial charge < -0.3 is 14.2 Å². The zero-order chi connectivity index (χ0) is 17.4. The second-order valence-corrected chi connectivity index (χ2v) is 5.87. The molecule has 0 N–H and O–H groups in total. The highest BCUT2D eigenvalue weighted by atomic mass is 16.8. The first-order valence-electron chi connectivity index (χ1n) is 7.71. The fourth-order valence-corrected chi connectivity index (χ4v) is 3.33. The second-order valence-electron chi connectivity index (χ2n) is 5.87. The topological polar surface area (TPSA) is 48.0 Å². The van der Waals surface area contributed by atoms with E-state index < -0.39 is 17.6 Å². The highest BCUT2D eigenvalue weighted by Crippen LogP contribution is 2.47. The first kappa shape index (κ1) is 16.5. The van der Waals surface area contributed by atoms with Crippen LogP contribution in [-0.2, 0) is 19.9 Å². The molecule has 1 heterocycles. The molecule has 24 heavy (non-hydrogen) atoms. The van der Waals surface area contributed by atoms with Crippen molar-refractivity contribution in [1.29, 1.82) is 0 Å². The molecule has 0 radical (unpaired) electrons. The van der Waals surface area contributed by atoms with Gasteiger partial charge in [0.2, 0.25) is 5.72 Å². The number of rotatable bonds is 4. The molecular formula is C19H21NO4. The van der Waals surface area contributed by atoms with E-state index in [0.29, 0.717) is 0 Å². The van der Waals surface area contributed by atoms with E-state index in [4.69, 9.17) is 14.2 Å². The maximum Gasteiger partial charge on any atom is 0.414 e. The fraction of sp³-hybridized carbons (Fsp3) is 0.316. The van der Waals surface area contributed by atoms with E-state index in [0.717, 1.165) is 16.7 Å². The molecule has 126 valence electrons. The molecule has 5 heteroatoms. The lowest BCUT2D eigenvalue weighted by atomic mass is 9.92. The highest BCUT2D eigenvalue weighted by molar-refractivity contribution is 5.72. The molecule has 0 bridgehead atoms. The molecule has 1 amide bonds. The lowest BCUT2D eigenvalue weighted by Crippen LogP contribution is -2.55. The highest BCUT2D eigenvalue weighted by Gasteiger charge is 2.64. The van der Waals surface area contributed by atoms with E-state index in [-0.39, 0.29) is 0 Å². The number of methoxy groups -OCH3 is 2. The average Bonchev–Trinajstić information content (AvgIpc) is 2.83. The van der Waals surface area contributed by atoms with E-state index >= 15 is 0 Å². The summed E-state index contributed by atoms with van der Waals surface area (Å²) in [6.45, 7) is 1.70. The number of carbonyl (C=O) groups is 1. The minimum Gasteiger partial charge on any atom is -0.411 e. The standard InChI is InChI=1S/C19H21NO4/c1-18(22-3)19(23-4,20(2)17(21)24-18)16-12-10-15(11-13-16)14-8-6-5-7-9-14/h5-13H,1-4H3. The largest absolute Gasteiger partial charge is 0.414 e. The second kappa shape index (κ2) is 5.92. The van der Waals surface area contributed by atoms with Crippen LogP contribution in [0.25, 0.3) is 11.1 Å². The molecule has 2 atom stereocenters. The van der Waals surface area contributed by atoms with Gasteiger partial charge in [0.1, 0.15) is 0 Å². The number of hydrogen-bond acceptors (Lipinski definition) is 4. The molecular weight excluding hydrogens is 306 g/mol. The Labute approximate surface area is 141 Å². The molecule has 2 aromatic rings. The van der Waals surface area contributed by atoms with Crippen LogP contribution in [0.2, 0.25) is 0 Å². The monoisotopic (exact) mass is 327 g/mol. The summed E-state index contributed by atoms with van der Waals surface area (Å²) in [5.41, 5.74) is 1.82. The molecule has 2 aromatic carbocycles. The van der Waals surface area contributed by atoms with Crippen LogP contribution < -0.4 is 0 Å². The molecule has 2 unspecified atom stereocenters. The molecule has 0 aromatic heterocycles. The van der Waals surface area contributed by atoms with E-state index in [9.17, 15) is 4.79 Å². The van der Waals surface area contributed by atoms with Crippen molar-refractivity contribution >= 4 is 6.09 Å². The van der Waals surface area contributed by atoms with Crippen LogP contribution in [0.15, 0.2) is 54.6 Å². The van der Waals surface area contributed by atoms with Crippen molar-refractivity contribution < 1.29 is 19.0 Å². The van der Waals surface area contributed by atoms with Crippen molar-refractivity contribution in [3.05, 3.63) is 60.2 Å². The molecule has 0 spiro atoms. The number of ether oxygens (including phenoxy) is 3. The van der Waals surface area contributed by atoms with E-state index in [1.807, 2.05) is 42.5 Å². The van der Waals surface area contributed by atoms with Crippen molar-refractivity contribution in [3.63, 3.8) is 0 Å². The number of likely N-dealkylation sites (N-methyl/N-ethyl adjacent to an activating group) is 1. The minimum absolute atomic E-state index is 0.492. The van der Waals surface area contributed by atoms with Gasteiger partial charge in [0.25, 0.3) is 5.79 Å². The van der Waals surface area contributed by atoms with E-state index in [1.165, 1.54) is 12.0 Å². The zero-order valence-electron chi connectivity index (χ0n) is 14.3. The Morgan fingerprint density at radius 3 is 2.04 bits per heavy atom. The first-order chi connectivity index (χ1) is 11.5. The number of cyclic esters (lactones) is 1. The van der Waals surface area contributed by atoms with Gasteiger partial charge in [-0.1, -0.05) is 54.6 Å². The molecule has 1 fully saturated rings. The minimum atomic E-state index is -1.25. The number of carbonyl (C=O) groups excluding carboxylic acids is 1. The fourth-order valence-electron chi connectivity index (χ4n) is 3.33. The summed E-state index contributed by atoms with van der Waals surface area (Å²) in [5.74, 6) is -1.25. The summed E-state index contributed by atoms with van der Waals surface area (Å²) in [6, 6.07) is 17.9. The van der Waals surface area contributed by atoms with Crippen molar-refractivity contribution in [1.82, 2.24) is 4.90 Å². The third-order valence-electron chi connectivity index (χ3n) is 4.71. The van der Waals surface area contributed by atoms with Gasteiger partial charge in [-0.05, 0) is 11.1 Å². The molecule has 1 saturated heterocycles. The van der Waals surface area contributed by atoms with Gasteiger partial charge in [0, 0.05) is 33.8 Å². The lowest BCUT2D eigenvalue weighted by molar-refractivity contribution is -0.284. The molecule has 5 nitrogen and oxygen atoms in total. The number of hydrogen-bond donors (Lipinski definition) is 0. The van der Waals surface area contributed by atoms with Gasteiger partial charge in [-0.2, -0.15) is 0 Å². The molecule has 1 aliphatic heterocycles. The normalized spacial score (nSPS) is 26.5. The van der Waals surface area contributed by atoms with Crippen LogP contribution in [0.4, 0.5) is 4.79 Å². The predicted octanol–water partition coefficient (Wildman–Crippen LogP) is 3.60. The first-order valence-corrected chi connectivity index (χ1v) is 7.71. The number of benzene rings is 2. The average molecular weight is 327 g/mol. The van der Waals surface area contributed by atoms with Gasteiger partial charge >= 0.3 is 6.09 Å². The van der Waals surface area contributed by atoms with Gasteiger partial charge in [-0.15, -0.1) is 0 Å². The quantitative estimate of drug-likeness (QED) is 0.861. The van der Waals surface area contributed by atoms with Crippen molar-refractivity contribution in [2.75, 3.05) is 21.3 Å². The summed E-state index contributed by atoms with van der Waals surface area (Å²) in [7, 11) is 4.68. The number of amides is 1. The van der Waals surface area contributed by atoms with Crippen LogP contribution >= 0.6 is 0 Å². The molecule has 0 saturated carbocycles. The lowest BCUT2D eigenvalue weighted by Gasteiger charge is -2.41. The predicted molar refractivity (Wildman–Crippen MR) is 90.2 cm³/mol. The summed E-state index contributed by atoms with van der Waals surface area (Å²) in [5, 5.41) is 0. The third-order valence-corrected chi connectivity index (χ3v) is 4.71.